The van der Waals surface area contributed by atoms with E-state index in [9.17, 15) is 19.2 Å². The summed E-state index contributed by atoms with van der Waals surface area (Å²) < 4.78 is 6.40. The number of carbonyl (C=O) groups is 3. The van der Waals surface area contributed by atoms with Crippen LogP contribution in [0, 0.1) is 0 Å². The van der Waals surface area contributed by atoms with E-state index < -0.39 is 17.7 Å². The maximum Gasteiger partial charge on any atom is 0.420 e. The third kappa shape index (κ3) is 6.17. The van der Waals surface area contributed by atoms with Gasteiger partial charge in [-0.1, -0.05) is 55.3 Å². The minimum Gasteiger partial charge on any atom is -0.408 e. The van der Waals surface area contributed by atoms with E-state index in [1.54, 1.807) is 29.2 Å². The van der Waals surface area contributed by atoms with Gasteiger partial charge in [-0.25, -0.2) is 4.79 Å². The predicted molar refractivity (Wildman–Crippen MR) is 130 cm³/mol. The minimum absolute atomic E-state index is 0.103. The monoisotopic (exact) mass is 478 g/mol. The number of carbonyl (C=O) groups excluding carboxylic acids is 3. The van der Waals surface area contributed by atoms with E-state index in [0.717, 1.165) is 31.2 Å². The Bertz CT molecular complexity index is 1230. The molecule has 9 nitrogen and oxygen atoms in total. The highest BCUT2D eigenvalue weighted by Crippen LogP contribution is 2.26. The van der Waals surface area contributed by atoms with Crippen molar-refractivity contribution in [3.63, 3.8) is 0 Å². The van der Waals surface area contributed by atoms with Crippen LogP contribution >= 0.6 is 0 Å². The second-order valence-corrected chi connectivity index (χ2v) is 8.68. The molecule has 184 valence electrons. The maximum absolute atomic E-state index is 13.3. The van der Waals surface area contributed by atoms with E-state index in [4.69, 9.17) is 4.42 Å². The second kappa shape index (κ2) is 11.5. The van der Waals surface area contributed by atoms with Gasteiger partial charge in [0.05, 0.1) is 24.5 Å². The van der Waals surface area contributed by atoms with Gasteiger partial charge in [0, 0.05) is 13.1 Å². The maximum atomic E-state index is 13.3. The van der Waals surface area contributed by atoms with Gasteiger partial charge in [0.2, 0.25) is 17.7 Å². The van der Waals surface area contributed by atoms with Gasteiger partial charge in [-0.05, 0) is 30.5 Å². The zero-order chi connectivity index (χ0) is 24.6. The van der Waals surface area contributed by atoms with Crippen molar-refractivity contribution in [2.45, 2.75) is 44.7 Å². The molecule has 0 aliphatic carbocycles. The SMILES string of the molecule is O=C1CC(c2ccccc2)N(C(=O)CNC(=O)Cn2c(=O)oc3ccccc32)CCCCCCN1. The summed E-state index contributed by atoms with van der Waals surface area (Å²) >= 11 is 0. The van der Waals surface area contributed by atoms with Crippen LogP contribution < -0.4 is 16.4 Å². The minimum atomic E-state index is -0.630. The summed E-state index contributed by atoms with van der Waals surface area (Å²) in [6.45, 7) is 0.641. The summed E-state index contributed by atoms with van der Waals surface area (Å²) in [5, 5.41) is 5.58. The zero-order valence-corrected chi connectivity index (χ0v) is 19.6. The molecule has 9 heteroatoms. The highest BCUT2D eigenvalue weighted by molar-refractivity contribution is 5.86. The Morgan fingerprint density at radius 1 is 0.971 bits per heavy atom. The van der Waals surface area contributed by atoms with Crippen molar-refractivity contribution in [3.05, 3.63) is 70.7 Å². The molecule has 0 spiro atoms. The lowest BCUT2D eigenvalue weighted by Gasteiger charge is -2.32. The number of hydrogen-bond donors (Lipinski definition) is 2. The number of nitrogens with zero attached hydrogens (tertiary/aromatic N) is 2. The fourth-order valence-corrected chi connectivity index (χ4v) is 4.41. The summed E-state index contributed by atoms with van der Waals surface area (Å²) in [4.78, 5) is 52.4. The van der Waals surface area contributed by atoms with Gasteiger partial charge >= 0.3 is 5.76 Å². The molecule has 0 bridgehead atoms. The molecule has 1 unspecified atom stereocenters. The summed E-state index contributed by atoms with van der Waals surface area (Å²) in [6.07, 6.45) is 3.80. The first-order chi connectivity index (χ1) is 17.0. The van der Waals surface area contributed by atoms with Crippen molar-refractivity contribution in [2.24, 2.45) is 0 Å². The molecular formula is C26H30N4O5. The fourth-order valence-electron chi connectivity index (χ4n) is 4.41. The number of para-hydroxylation sites is 2. The Morgan fingerprint density at radius 3 is 2.54 bits per heavy atom. The normalized spacial score (nSPS) is 17.4. The third-order valence-corrected chi connectivity index (χ3v) is 6.22. The Kier molecular flexibility index (Phi) is 7.97. The molecule has 2 heterocycles. The Morgan fingerprint density at radius 2 is 1.71 bits per heavy atom. The number of amides is 3. The predicted octanol–water partition coefficient (Wildman–Crippen LogP) is 2.36. The van der Waals surface area contributed by atoms with Crippen LogP contribution in [0.4, 0.5) is 0 Å². The molecule has 1 atom stereocenters. The summed E-state index contributed by atoms with van der Waals surface area (Å²) in [6, 6.07) is 15.9. The summed E-state index contributed by atoms with van der Waals surface area (Å²) in [5.41, 5.74) is 1.79. The molecule has 1 aliphatic rings. The Balaban J connectivity index is 1.47. The van der Waals surface area contributed by atoms with Crippen molar-refractivity contribution < 1.29 is 18.8 Å². The smallest absolute Gasteiger partial charge is 0.408 e. The molecule has 35 heavy (non-hydrogen) atoms. The van der Waals surface area contributed by atoms with E-state index in [-0.39, 0.29) is 31.3 Å². The van der Waals surface area contributed by atoms with Crippen LogP contribution in [0.5, 0.6) is 0 Å². The Labute approximate surface area is 203 Å². The molecule has 3 amide bonds. The number of oxazole rings is 1. The van der Waals surface area contributed by atoms with Crippen LogP contribution in [-0.2, 0) is 20.9 Å². The first kappa shape index (κ1) is 24.3. The lowest BCUT2D eigenvalue weighted by atomic mass is 10.0. The van der Waals surface area contributed by atoms with Crippen molar-refractivity contribution >= 4 is 28.8 Å². The third-order valence-electron chi connectivity index (χ3n) is 6.22. The average Bonchev–Trinajstić information content (AvgIpc) is 3.16. The molecule has 1 fully saturated rings. The number of rotatable bonds is 5. The van der Waals surface area contributed by atoms with Crippen molar-refractivity contribution in [1.82, 2.24) is 20.1 Å². The van der Waals surface area contributed by atoms with Gasteiger partial charge in [-0.15, -0.1) is 0 Å². The molecule has 1 aliphatic heterocycles. The zero-order valence-electron chi connectivity index (χ0n) is 19.6. The lowest BCUT2D eigenvalue weighted by Crippen LogP contribution is -2.44. The van der Waals surface area contributed by atoms with E-state index in [0.29, 0.717) is 24.2 Å². The highest BCUT2D eigenvalue weighted by Gasteiger charge is 2.27. The van der Waals surface area contributed by atoms with Crippen LogP contribution in [0.2, 0.25) is 0 Å². The van der Waals surface area contributed by atoms with E-state index in [1.807, 2.05) is 30.3 Å². The van der Waals surface area contributed by atoms with Gasteiger partial charge in [0.1, 0.15) is 6.54 Å². The average molecular weight is 479 g/mol. The summed E-state index contributed by atoms with van der Waals surface area (Å²) in [7, 11) is 0. The van der Waals surface area contributed by atoms with Gasteiger partial charge in [-0.3, -0.25) is 19.0 Å². The molecule has 1 aromatic heterocycles. The Hall–Kier alpha value is -3.88. The van der Waals surface area contributed by atoms with Gasteiger partial charge in [-0.2, -0.15) is 0 Å². The van der Waals surface area contributed by atoms with Gasteiger partial charge in [0.25, 0.3) is 0 Å². The molecule has 2 aromatic carbocycles. The topological polar surface area (TPSA) is 114 Å². The van der Waals surface area contributed by atoms with E-state index in [1.165, 1.54) is 4.57 Å². The molecule has 1 saturated heterocycles. The standard InChI is InChI=1S/C26H30N4O5/c31-23-16-21(19-10-4-3-5-11-19)29(15-9-2-1-8-14-27-23)25(33)17-28-24(32)18-30-20-12-6-7-13-22(20)35-26(30)34/h3-7,10-13,21H,1-2,8-9,14-18H2,(H,27,31)(H,28,32). The fraction of sp³-hybridized carbons (Fsp3) is 0.385. The molecule has 3 aromatic rings. The number of nitrogens with one attached hydrogen (secondary N) is 2. The number of benzene rings is 2. The van der Waals surface area contributed by atoms with Gasteiger partial charge in [0.15, 0.2) is 5.58 Å². The van der Waals surface area contributed by atoms with Crippen molar-refractivity contribution in [2.75, 3.05) is 19.6 Å². The van der Waals surface area contributed by atoms with Crippen LogP contribution in [0.1, 0.15) is 43.7 Å². The first-order valence-electron chi connectivity index (χ1n) is 12.0. The van der Waals surface area contributed by atoms with E-state index >= 15 is 0 Å². The largest absolute Gasteiger partial charge is 0.420 e. The highest BCUT2D eigenvalue weighted by atomic mass is 16.4. The number of fused-ring (bicyclic) bond motifs is 1. The molecule has 0 saturated carbocycles. The number of hydrogen-bond acceptors (Lipinski definition) is 5. The molecule has 4 rings (SSSR count). The number of aromatic nitrogens is 1. The quantitative estimate of drug-likeness (QED) is 0.585. The van der Waals surface area contributed by atoms with Crippen molar-refractivity contribution in [1.29, 1.82) is 0 Å². The molecule has 0 radical (unpaired) electrons. The van der Waals surface area contributed by atoms with Crippen LogP contribution in [-0.4, -0.2) is 46.8 Å². The van der Waals surface area contributed by atoms with Crippen LogP contribution in [0.3, 0.4) is 0 Å². The molecule has 2 N–H and O–H groups in total. The van der Waals surface area contributed by atoms with Crippen molar-refractivity contribution in [3.8, 4) is 0 Å². The molecular weight excluding hydrogens is 448 g/mol. The van der Waals surface area contributed by atoms with Crippen LogP contribution in [0.25, 0.3) is 11.1 Å². The van der Waals surface area contributed by atoms with E-state index in [2.05, 4.69) is 10.6 Å². The second-order valence-electron chi connectivity index (χ2n) is 8.68. The van der Waals surface area contributed by atoms with Gasteiger partial charge < -0.3 is 20.0 Å². The van der Waals surface area contributed by atoms with Crippen LogP contribution in [0.15, 0.2) is 63.8 Å². The first-order valence-corrected chi connectivity index (χ1v) is 12.0. The summed E-state index contributed by atoms with van der Waals surface area (Å²) in [5.74, 6) is -1.48. The lowest BCUT2D eigenvalue weighted by molar-refractivity contribution is -0.136.